The molecule has 0 saturated carbocycles. The molecule has 0 bridgehead atoms. The molecule has 0 aromatic heterocycles. The number of likely N-dealkylation sites (tertiary alicyclic amines) is 1. The summed E-state index contributed by atoms with van der Waals surface area (Å²) in [6, 6.07) is 16.1. The van der Waals surface area contributed by atoms with E-state index in [4.69, 9.17) is 14.2 Å². The lowest BCUT2D eigenvalue weighted by molar-refractivity contribution is -0.146. The molecule has 5 atom stereocenters. The number of β-amino-alcohol motifs (C(OH)–C–C–N with tert-alkyl or cyclic N) is 1. The predicted molar refractivity (Wildman–Crippen MR) is 148 cm³/mol. The summed E-state index contributed by atoms with van der Waals surface area (Å²) < 4.78 is 45.8. The molecule has 1 amide bonds. The van der Waals surface area contributed by atoms with Crippen molar-refractivity contribution in [2.75, 3.05) is 40.0 Å². The van der Waals surface area contributed by atoms with Gasteiger partial charge in [0.15, 0.2) is 0 Å². The van der Waals surface area contributed by atoms with Crippen LogP contribution in [0.3, 0.4) is 0 Å². The maximum Gasteiger partial charge on any atom is 0.243 e. The Bertz CT molecular complexity index is 1230. The molecule has 5 rings (SSSR count). The highest BCUT2D eigenvalue weighted by Gasteiger charge is 2.43. The lowest BCUT2D eigenvalue weighted by Gasteiger charge is -2.43. The van der Waals surface area contributed by atoms with Crippen LogP contribution in [0.4, 0.5) is 0 Å². The second-order valence-electron chi connectivity index (χ2n) is 10.9. The molecule has 11 heteroatoms. The van der Waals surface area contributed by atoms with Gasteiger partial charge in [0, 0.05) is 32.2 Å². The van der Waals surface area contributed by atoms with Gasteiger partial charge in [-0.25, -0.2) is 8.42 Å². The van der Waals surface area contributed by atoms with E-state index in [1.165, 1.54) is 29.1 Å². The number of aliphatic hydroxyl groups excluding tert-OH is 1. The normalized spacial score (nSPS) is 28.3. The molecular weight excluding hydrogens is 534 g/mol. The van der Waals surface area contributed by atoms with Crippen LogP contribution < -0.4 is 10.1 Å². The van der Waals surface area contributed by atoms with Crippen LogP contribution in [0.2, 0.25) is 0 Å². The molecule has 3 saturated heterocycles. The summed E-state index contributed by atoms with van der Waals surface area (Å²) in [7, 11) is -2.39. The zero-order valence-electron chi connectivity index (χ0n) is 22.9. The standard InChI is InChI=1S/C29H39N3O7S/c1-37-24-7-10-26(11-8-24)40(35,36)32-18-23(33)19-38-20-28-27(32)12-9-25(39-28)15-29(34)30-22-13-14-31(17-22)16-21-5-3-2-4-6-21/h2-8,10-11,22-23,25,27-28,33H,9,12-20H2,1H3,(H,30,34)/t22-,23-,25-,27-,28+/m1/s1. The van der Waals surface area contributed by atoms with Crippen molar-refractivity contribution in [3.63, 3.8) is 0 Å². The minimum atomic E-state index is -3.92. The summed E-state index contributed by atoms with van der Waals surface area (Å²) in [5.74, 6) is 0.501. The number of hydrogen-bond donors (Lipinski definition) is 2. The largest absolute Gasteiger partial charge is 0.497 e. The highest BCUT2D eigenvalue weighted by Crippen LogP contribution is 2.32. The molecule has 0 unspecified atom stereocenters. The van der Waals surface area contributed by atoms with E-state index in [9.17, 15) is 18.3 Å². The third-order valence-corrected chi connectivity index (χ3v) is 9.80. The molecule has 2 aromatic carbocycles. The van der Waals surface area contributed by atoms with Gasteiger partial charge < -0.3 is 24.6 Å². The summed E-state index contributed by atoms with van der Waals surface area (Å²) in [4.78, 5) is 15.4. The Hall–Kier alpha value is -2.54. The summed E-state index contributed by atoms with van der Waals surface area (Å²) in [6.07, 6.45) is 0.328. The summed E-state index contributed by atoms with van der Waals surface area (Å²) in [6.45, 7) is 2.67. The van der Waals surface area contributed by atoms with Crippen molar-refractivity contribution in [1.82, 2.24) is 14.5 Å². The summed E-state index contributed by atoms with van der Waals surface area (Å²) in [5, 5.41) is 13.6. The second-order valence-corrected chi connectivity index (χ2v) is 12.8. The van der Waals surface area contributed by atoms with Crippen LogP contribution in [-0.4, -0.2) is 99.0 Å². The Morgan fingerprint density at radius 2 is 1.82 bits per heavy atom. The van der Waals surface area contributed by atoms with Crippen LogP contribution in [-0.2, 0) is 30.8 Å². The number of ether oxygens (including phenoxy) is 3. The van der Waals surface area contributed by atoms with Crippen molar-refractivity contribution in [3.05, 3.63) is 60.2 Å². The van der Waals surface area contributed by atoms with Crippen LogP contribution in [0.15, 0.2) is 59.5 Å². The molecule has 40 heavy (non-hydrogen) atoms. The first-order valence-electron chi connectivity index (χ1n) is 13.9. The number of aliphatic hydroxyl groups is 1. The van der Waals surface area contributed by atoms with E-state index in [1.807, 2.05) is 18.2 Å². The molecule has 2 N–H and O–H groups in total. The topological polar surface area (TPSA) is 118 Å². The molecule has 0 radical (unpaired) electrons. The number of benzene rings is 2. The number of rotatable bonds is 8. The number of methoxy groups -OCH3 is 1. The fourth-order valence-corrected chi connectivity index (χ4v) is 7.60. The molecule has 2 aromatic rings. The molecular formula is C29H39N3O7S. The van der Waals surface area contributed by atoms with Gasteiger partial charge in [-0.2, -0.15) is 4.31 Å². The molecule has 218 valence electrons. The van der Waals surface area contributed by atoms with Crippen molar-refractivity contribution in [2.24, 2.45) is 0 Å². The van der Waals surface area contributed by atoms with E-state index < -0.39 is 28.3 Å². The first-order valence-corrected chi connectivity index (χ1v) is 15.4. The maximum absolute atomic E-state index is 13.7. The van der Waals surface area contributed by atoms with Crippen molar-refractivity contribution in [1.29, 1.82) is 0 Å². The number of hydrogen-bond acceptors (Lipinski definition) is 8. The first-order chi connectivity index (χ1) is 19.3. The zero-order chi connectivity index (χ0) is 28.1. The molecule has 3 aliphatic heterocycles. The van der Waals surface area contributed by atoms with E-state index in [1.54, 1.807) is 12.1 Å². The summed E-state index contributed by atoms with van der Waals surface area (Å²) >= 11 is 0. The molecule has 3 aliphatic rings. The van der Waals surface area contributed by atoms with Gasteiger partial charge in [0.05, 0.1) is 56.0 Å². The van der Waals surface area contributed by atoms with E-state index >= 15 is 0 Å². The van der Waals surface area contributed by atoms with Crippen LogP contribution in [0.25, 0.3) is 0 Å². The highest BCUT2D eigenvalue weighted by molar-refractivity contribution is 7.89. The average Bonchev–Trinajstić information content (AvgIpc) is 3.37. The SMILES string of the molecule is COc1ccc(S(=O)(=O)N2C[C@@H](O)COC[C@@H]3O[C@@H](CC(=O)N[C@@H]4CCN(Cc5ccccc5)C4)CC[C@H]32)cc1. The minimum absolute atomic E-state index is 0.00747. The van der Waals surface area contributed by atoms with Gasteiger partial charge in [0.25, 0.3) is 0 Å². The number of fused-ring (bicyclic) bond motifs is 1. The molecule has 3 heterocycles. The highest BCUT2D eigenvalue weighted by atomic mass is 32.2. The van der Waals surface area contributed by atoms with Gasteiger partial charge in [-0.3, -0.25) is 9.69 Å². The number of carbonyl (C=O) groups excluding carboxylic acids is 1. The molecule has 0 aliphatic carbocycles. The fraction of sp³-hybridized carbons (Fsp3) is 0.552. The smallest absolute Gasteiger partial charge is 0.243 e. The van der Waals surface area contributed by atoms with Crippen LogP contribution in [0, 0.1) is 0 Å². The number of carbonyl (C=O) groups is 1. The third-order valence-electron chi connectivity index (χ3n) is 7.90. The number of nitrogens with zero attached hydrogens (tertiary/aromatic N) is 2. The van der Waals surface area contributed by atoms with Gasteiger partial charge >= 0.3 is 0 Å². The van der Waals surface area contributed by atoms with E-state index in [-0.39, 0.29) is 49.1 Å². The Morgan fingerprint density at radius 1 is 1.05 bits per heavy atom. The number of sulfonamides is 1. The van der Waals surface area contributed by atoms with Crippen molar-refractivity contribution < 1.29 is 32.5 Å². The lowest BCUT2D eigenvalue weighted by atomic mass is 9.96. The number of nitrogens with one attached hydrogen (secondary N) is 1. The Labute approximate surface area is 236 Å². The van der Waals surface area contributed by atoms with Crippen molar-refractivity contribution in [2.45, 2.75) is 67.5 Å². The molecule has 10 nitrogen and oxygen atoms in total. The summed E-state index contributed by atoms with van der Waals surface area (Å²) in [5.41, 5.74) is 1.26. The maximum atomic E-state index is 13.7. The monoisotopic (exact) mass is 573 g/mol. The fourth-order valence-electron chi connectivity index (χ4n) is 5.88. The average molecular weight is 574 g/mol. The zero-order valence-corrected chi connectivity index (χ0v) is 23.7. The predicted octanol–water partition coefficient (Wildman–Crippen LogP) is 1.77. The first kappa shape index (κ1) is 29.0. The van der Waals surface area contributed by atoms with Crippen LogP contribution in [0.5, 0.6) is 5.75 Å². The Kier molecular flexibility index (Phi) is 9.39. The van der Waals surface area contributed by atoms with E-state index in [2.05, 4.69) is 22.3 Å². The van der Waals surface area contributed by atoms with Crippen molar-refractivity contribution >= 4 is 15.9 Å². The Morgan fingerprint density at radius 3 is 2.58 bits per heavy atom. The van der Waals surface area contributed by atoms with E-state index in [0.717, 1.165) is 26.1 Å². The van der Waals surface area contributed by atoms with Gasteiger partial charge in [-0.05, 0) is 49.1 Å². The van der Waals surface area contributed by atoms with Crippen LogP contribution >= 0.6 is 0 Å². The molecule has 0 spiro atoms. The van der Waals surface area contributed by atoms with Gasteiger partial charge in [-0.1, -0.05) is 30.3 Å². The van der Waals surface area contributed by atoms with E-state index in [0.29, 0.717) is 18.6 Å². The Balaban J connectivity index is 1.18. The molecule has 3 fully saturated rings. The minimum Gasteiger partial charge on any atom is -0.497 e. The number of amides is 1. The van der Waals surface area contributed by atoms with Gasteiger partial charge in [-0.15, -0.1) is 0 Å². The quantitative estimate of drug-likeness (QED) is 0.491. The van der Waals surface area contributed by atoms with Gasteiger partial charge in [0.1, 0.15) is 5.75 Å². The third kappa shape index (κ3) is 7.02. The lowest BCUT2D eigenvalue weighted by Crippen LogP contribution is -2.57. The van der Waals surface area contributed by atoms with Crippen LogP contribution in [0.1, 0.15) is 31.2 Å². The second kappa shape index (κ2) is 13.0. The van der Waals surface area contributed by atoms with Gasteiger partial charge in [0.2, 0.25) is 15.9 Å². The van der Waals surface area contributed by atoms with Crippen molar-refractivity contribution in [3.8, 4) is 5.75 Å².